The van der Waals surface area contributed by atoms with Crippen LogP contribution < -0.4 is 0 Å². The maximum Gasteiger partial charge on any atom is 0.289 e. The molecule has 0 N–H and O–H groups in total. The Balaban J connectivity index is 3.64. The minimum Gasteiger partial charge on any atom is -0.258 e. The third kappa shape index (κ3) is 2.58. The van der Waals surface area contributed by atoms with Crippen LogP contribution in [0.5, 0.6) is 0 Å². The van der Waals surface area contributed by atoms with Gasteiger partial charge in [-0.05, 0) is 18.6 Å². The van der Waals surface area contributed by atoms with E-state index < -0.39 is 24.6 Å². The van der Waals surface area contributed by atoms with Crippen molar-refractivity contribution in [2.75, 3.05) is 0 Å². The van der Waals surface area contributed by atoms with Gasteiger partial charge in [-0.1, -0.05) is 11.6 Å². The normalized spacial score (nSPS) is 11.4. The van der Waals surface area contributed by atoms with Crippen LogP contribution in [-0.4, -0.2) is 13.3 Å². The second-order valence-electron chi connectivity index (χ2n) is 2.76. The Morgan fingerprint density at radius 2 is 1.93 bits per heavy atom. The summed E-state index contributed by atoms with van der Waals surface area (Å²) in [6, 6.07) is 2.04. The Labute approximate surface area is 95.2 Å². The van der Waals surface area contributed by atoms with Gasteiger partial charge in [0.15, 0.2) is 4.90 Å². The van der Waals surface area contributed by atoms with Crippen LogP contribution in [0.3, 0.4) is 0 Å². The van der Waals surface area contributed by atoms with Gasteiger partial charge in [0.1, 0.15) is 0 Å². The lowest BCUT2D eigenvalue weighted by Crippen LogP contribution is -1.99. The first-order chi connectivity index (χ1) is 6.73. The maximum atomic E-state index is 11.0. The first-order valence-corrected chi connectivity index (χ1v) is 6.31. The second kappa shape index (κ2) is 3.96. The van der Waals surface area contributed by atoms with Gasteiger partial charge in [-0.2, -0.15) is 0 Å². The number of aryl methyl sites for hydroxylation is 1. The topological polar surface area (TPSA) is 77.3 Å². The standard InChI is InChI=1S/C7H5Cl2NO4S/c1-4-2-6(10(11)12)7(3-5(4)8)15(9,13)14/h2-3H,1H3. The van der Waals surface area contributed by atoms with Crippen molar-refractivity contribution in [3.05, 3.63) is 32.8 Å². The van der Waals surface area contributed by atoms with Gasteiger partial charge in [-0.15, -0.1) is 0 Å². The number of halogens is 2. The van der Waals surface area contributed by atoms with Crippen LogP contribution in [0.15, 0.2) is 17.0 Å². The van der Waals surface area contributed by atoms with Gasteiger partial charge < -0.3 is 0 Å². The summed E-state index contributed by atoms with van der Waals surface area (Å²) in [5.41, 5.74) is -0.167. The number of nitrogens with zero attached hydrogens (tertiary/aromatic N) is 1. The van der Waals surface area contributed by atoms with E-state index in [1.165, 1.54) is 6.92 Å². The van der Waals surface area contributed by atoms with Crippen molar-refractivity contribution >= 4 is 37.0 Å². The number of nitro groups is 1. The van der Waals surface area contributed by atoms with E-state index in [0.29, 0.717) is 5.56 Å². The summed E-state index contributed by atoms with van der Waals surface area (Å²) in [6.07, 6.45) is 0. The summed E-state index contributed by atoms with van der Waals surface area (Å²) in [4.78, 5) is 9.16. The fourth-order valence-corrected chi connectivity index (χ4v) is 2.23. The SMILES string of the molecule is Cc1cc([N+](=O)[O-])c(S(=O)(=O)Cl)cc1Cl. The molecule has 0 aliphatic carbocycles. The summed E-state index contributed by atoms with van der Waals surface area (Å²) >= 11 is 5.65. The molecule has 0 heterocycles. The van der Waals surface area contributed by atoms with Gasteiger partial charge in [0, 0.05) is 21.8 Å². The molecule has 0 fully saturated rings. The van der Waals surface area contributed by atoms with Gasteiger partial charge in [-0.25, -0.2) is 8.42 Å². The zero-order valence-electron chi connectivity index (χ0n) is 7.40. The molecular formula is C7H5Cl2NO4S. The number of hydrogen-bond acceptors (Lipinski definition) is 4. The summed E-state index contributed by atoms with van der Waals surface area (Å²) in [5.74, 6) is 0. The highest BCUT2D eigenvalue weighted by Crippen LogP contribution is 2.31. The van der Waals surface area contributed by atoms with Crippen molar-refractivity contribution in [1.29, 1.82) is 0 Å². The summed E-state index contributed by atoms with van der Waals surface area (Å²) in [7, 11) is 0.870. The van der Waals surface area contributed by atoms with E-state index in [0.717, 1.165) is 12.1 Å². The molecule has 0 amide bonds. The molecule has 5 nitrogen and oxygen atoms in total. The zero-order valence-corrected chi connectivity index (χ0v) is 9.73. The molecule has 0 aliphatic rings. The van der Waals surface area contributed by atoms with Crippen molar-refractivity contribution in [2.45, 2.75) is 11.8 Å². The molecule has 8 heteroatoms. The Hall–Kier alpha value is -0.850. The first-order valence-electron chi connectivity index (χ1n) is 3.62. The molecule has 0 aliphatic heterocycles. The molecular weight excluding hydrogens is 265 g/mol. The third-order valence-corrected chi connectivity index (χ3v) is 3.46. The van der Waals surface area contributed by atoms with Crippen molar-refractivity contribution < 1.29 is 13.3 Å². The molecule has 0 atom stereocenters. The van der Waals surface area contributed by atoms with Crippen molar-refractivity contribution in [3.8, 4) is 0 Å². The van der Waals surface area contributed by atoms with E-state index in [1.54, 1.807) is 0 Å². The van der Waals surface area contributed by atoms with Gasteiger partial charge in [0.2, 0.25) is 0 Å². The highest BCUT2D eigenvalue weighted by Gasteiger charge is 2.25. The number of hydrogen-bond donors (Lipinski definition) is 0. The van der Waals surface area contributed by atoms with Crippen LogP contribution in [0.4, 0.5) is 5.69 Å². The van der Waals surface area contributed by atoms with Gasteiger partial charge in [0.05, 0.1) is 4.92 Å². The predicted octanol–water partition coefficient (Wildman–Crippen LogP) is 2.48. The van der Waals surface area contributed by atoms with E-state index in [9.17, 15) is 18.5 Å². The van der Waals surface area contributed by atoms with Crippen molar-refractivity contribution in [2.24, 2.45) is 0 Å². The molecule has 1 aromatic carbocycles. The summed E-state index contributed by atoms with van der Waals surface area (Å²) < 4.78 is 22.0. The molecule has 0 bridgehead atoms. The average Bonchev–Trinajstić information content (AvgIpc) is 2.06. The third-order valence-electron chi connectivity index (χ3n) is 1.70. The molecule has 0 unspecified atom stereocenters. The monoisotopic (exact) mass is 269 g/mol. The lowest BCUT2D eigenvalue weighted by Gasteiger charge is -2.02. The number of benzene rings is 1. The predicted molar refractivity (Wildman–Crippen MR) is 55.9 cm³/mol. The van der Waals surface area contributed by atoms with E-state index >= 15 is 0 Å². The van der Waals surface area contributed by atoms with Gasteiger partial charge in [-0.3, -0.25) is 10.1 Å². The van der Waals surface area contributed by atoms with E-state index in [-0.39, 0.29) is 5.02 Å². The largest absolute Gasteiger partial charge is 0.289 e. The highest BCUT2D eigenvalue weighted by atomic mass is 35.7. The van der Waals surface area contributed by atoms with E-state index in [4.69, 9.17) is 22.3 Å². The smallest absolute Gasteiger partial charge is 0.258 e. The minimum atomic E-state index is -4.17. The minimum absolute atomic E-state index is 0.111. The Kier molecular flexibility index (Phi) is 3.22. The quantitative estimate of drug-likeness (QED) is 0.470. The second-order valence-corrected chi connectivity index (χ2v) is 5.71. The van der Waals surface area contributed by atoms with E-state index in [2.05, 4.69) is 0 Å². The zero-order chi connectivity index (χ0) is 11.8. The van der Waals surface area contributed by atoms with Crippen LogP contribution in [0.2, 0.25) is 5.02 Å². The molecule has 0 saturated carbocycles. The maximum absolute atomic E-state index is 11.0. The van der Waals surface area contributed by atoms with Crippen molar-refractivity contribution in [3.63, 3.8) is 0 Å². The summed E-state index contributed by atoms with van der Waals surface area (Å²) in [6.45, 7) is 1.53. The Bertz CT molecular complexity index is 526. The van der Waals surface area contributed by atoms with Crippen LogP contribution in [0.25, 0.3) is 0 Å². The summed E-state index contributed by atoms with van der Waals surface area (Å²) in [5, 5.41) is 10.7. The molecule has 1 rings (SSSR count). The molecule has 0 saturated heterocycles. The Morgan fingerprint density at radius 3 is 2.33 bits per heavy atom. The van der Waals surface area contributed by atoms with Crippen LogP contribution >= 0.6 is 22.3 Å². The van der Waals surface area contributed by atoms with Gasteiger partial charge in [0.25, 0.3) is 14.7 Å². The lowest BCUT2D eigenvalue weighted by molar-refractivity contribution is -0.387. The van der Waals surface area contributed by atoms with Crippen molar-refractivity contribution in [1.82, 2.24) is 0 Å². The molecule has 0 aromatic heterocycles. The van der Waals surface area contributed by atoms with Crippen LogP contribution in [-0.2, 0) is 9.05 Å². The number of nitro benzene ring substituents is 1. The molecule has 82 valence electrons. The first kappa shape index (κ1) is 12.2. The number of rotatable bonds is 2. The van der Waals surface area contributed by atoms with Gasteiger partial charge >= 0.3 is 0 Å². The van der Waals surface area contributed by atoms with Crippen LogP contribution in [0.1, 0.15) is 5.56 Å². The molecule has 1 aromatic rings. The van der Waals surface area contributed by atoms with E-state index in [1.807, 2.05) is 0 Å². The molecule has 15 heavy (non-hydrogen) atoms. The fraction of sp³-hybridized carbons (Fsp3) is 0.143. The average molecular weight is 270 g/mol. The molecule has 0 radical (unpaired) electrons. The highest BCUT2D eigenvalue weighted by molar-refractivity contribution is 8.13. The molecule has 0 spiro atoms. The lowest BCUT2D eigenvalue weighted by atomic mass is 10.2. The van der Waals surface area contributed by atoms with Crippen LogP contribution in [0, 0.1) is 17.0 Å². The Morgan fingerprint density at radius 1 is 1.40 bits per heavy atom. The fourth-order valence-electron chi connectivity index (χ4n) is 0.986.